The van der Waals surface area contributed by atoms with Gasteiger partial charge in [-0.25, -0.2) is 0 Å². The zero-order valence-corrected chi connectivity index (χ0v) is 17.2. The second kappa shape index (κ2) is 9.31. The van der Waals surface area contributed by atoms with Gasteiger partial charge in [-0.2, -0.15) is 5.26 Å². The van der Waals surface area contributed by atoms with Crippen molar-refractivity contribution in [2.75, 3.05) is 19.1 Å². The van der Waals surface area contributed by atoms with E-state index in [1.165, 1.54) is 6.92 Å². The van der Waals surface area contributed by atoms with Crippen LogP contribution < -0.4 is 14.4 Å². The number of hydrogen-bond donors (Lipinski definition) is 0. The Kier molecular flexibility index (Phi) is 6.58. The summed E-state index contributed by atoms with van der Waals surface area (Å²) in [4.78, 5) is 27.6. The minimum absolute atomic E-state index is 0.103. The van der Waals surface area contributed by atoms with Crippen LogP contribution in [0.5, 0.6) is 11.5 Å². The molecule has 0 aromatic heterocycles. The number of methoxy groups -OCH3 is 2. The molecule has 0 aliphatic carbocycles. The van der Waals surface area contributed by atoms with Crippen molar-refractivity contribution in [2.45, 2.75) is 31.9 Å². The maximum Gasteiger partial charge on any atom is 0.312 e. The van der Waals surface area contributed by atoms with E-state index in [-0.39, 0.29) is 12.3 Å². The van der Waals surface area contributed by atoms with Gasteiger partial charge in [0.25, 0.3) is 0 Å². The number of hydrogen-bond acceptors (Lipinski definition) is 6. The summed E-state index contributed by atoms with van der Waals surface area (Å²) in [5, 5.41) is 9.04. The molecule has 0 spiro atoms. The van der Waals surface area contributed by atoms with Crippen molar-refractivity contribution in [3.63, 3.8) is 0 Å². The number of rotatable bonds is 6. The highest BCUT2D eigenvalue weighted by molar-refractivity contribution is 5.97. The van der Waals surface area contributed by atoms with Gasteiger partial charge in [-0.05, 0) is 43.7 Å². The number of carbonyl (C=O) groups excluding carboxylic acids is 2. The van der Waals surface area contributed by atoms with Crippen molar-refractivity contribution < 1.29 is 23.8 Å². The lowest BCUT2D eigenvalue weighted by Gasteiger charge is -2.40. The number of ether oxygens (including phenoxy) is 3. The third kappa shape index (κ3) is 4.23. The van der Waals surface area contributed by atoms with E-state index in [4.69, 9.17) is 19.5 Å². The first-order valence-corrected chi connectivity index (χ1v) is 9.69. The molecule has 1 aliphatic heterocycles. The molecule has 7 nitrogen and oxygen atoms in total. The largest absolute Gasteiger partial charge is 0.497 e. The third-order valence-electron chi connectivity index (χ3n) is 5.18. The van der Waals surface area contributed by atoms with Crippen LogP contribution in [0, 0.1) is 17.2 Å². The summed E-state index contributed by atoms with van der Waals surface area (Å²) < 4.78 is 16.1. The van der Waals surface area contributed by atoms with Gasteiger partial charge in [-0.3, -0.25) is 9.59 Å². The van der Waals surface area contributed by atoms with Gasteiger partial charge in [0.1, 0.15) is 17.6 Å². The van der Waals surface area contributed by atoms with Gasteiger partial charge >= 0.3 is 5.97 Å². The molecule has 1 fully saturated rings. The molecule has 7 heteroatoms. The second-order valence-electron chi connectivity index (χ2n) is 7.00. The molecule has 1 aliphatic rings. The van der Waals surface area contributed by atoms with E-state index in [9.17, 15) is 9.59 Å². The van der Waals surface area contributed by atoms with Crippen molar-refractivity contribution >= 4 is 17.6 Å². The monoisotopic (exact) mass is 408 g/mol. The van der Waals surface area contributed by atoms with Crippen molar-refractivity contribution in [2.24, 2.45) is 5.92 Å². The summed E-state index contributed by atoms with van der Waals surface area (Å²) in [5.74, 6) is -0.0194. The normalized spacial score (nSPS) is 19.5. The molecule has 2 aromatic rings. The first-order valence-electron chi connectivity index (χ1n) is 9.69. The Labute approximate surface area is 175 Å². The van der Waals surface area contributed by atoms with Crippen LogP contribution in [0.3, 0.4) is 0 Å². The number of benzene rings is 2. The summed E-state index contributed by atoms with van der Waals surface area (Å²) in [6.07, 6.45) is -0.355. The molecule has 30 heavy (non-hydrogen) atoms. The van der Waals surface area contributed by atoms with Gasteiger partial charge in [-0.15, -0.1) is 0 Å². The molecule has 0 radical (unpaired) electrons. The molecule has 2 aromatic carbocycles. The molecule has 0 unspecified atom stereocenters. The van der Waals surface area contributed by atoms with E-state index in [0.29, 0.717) is 29.2 Å². The van der Waals surface area contributed by atoms with E-state index in [1.54, 1.807) is 49.5 Å². The van der Waals surface area contributed by atoms with Gasteiger partial charge in [0.05, 0.1) is 26.2 Å². The summed E-state index contributed by atoms with van der Waals surface area (Å²) in [6, 6.07) is 15.7. The number of piperidine rings is 1. The van der Waals surface area contributed by atoms with Crippen LogP contribution in [0.15, 0.2) is 48.5 Å². The van der Waals surface area contributed by atoms with Crippen molar-refractivity contribution in [1.82, 2.24) is 0 Å². The lowest BCUT2D eigenvalue weighted by atomic mass is 9.83. The van der Waals surface area contributed by atoms with E-state index in [2.05, 4.69) is 0 Å². The predicted molar refractivity (Wildman–Crippen MR) is 110 cm³/mol. The lowest BCUT2D eigenvalue weighted by Crippen LogP contribution is -2.46. The summed E-state index contributed by atoms with van der Waals surface area (Å²) >= 11 is 0. The van der Waals surface area contributed by atoms with Gasteiger partial charge in [0.15, 0.2) is 6.10 Å². The quantitative estimate of drug-likeness (QED) is 0.678. The zero-order valence-electron chi connectivity index (χ0n) is 17.2. The number of para-hydroxylation sites is 1. The van der Waals surface area contributed by atoms with Crippen LogP contribution in [0.2, 0.25) is 0 Å². The van der Waals surface area contributed by atoms with Crippen molar-refractivity contribution in [3.05, 3.63) is 54.1 Å². The molecule has 0 N–H and O–H groups in total. The average Bonchev–Trinajstić information content (AvgIpc) is 2.78. The fourth-order valence-electron chi connectivity index (χ4n) is 3.74. The molecule has 0 saturated carbocycles. The first kappa shape index (κ1) is 21.2. The van der Waals surface area contributed by atoms with E-state index < -0.39 is 24.0 Å². The maximum atomic E-state index is 13.0. The summed E-state index contributed by atoms with van der Waals surface area (Å²) in [7, 11) is 3.12. The third-order valence-corrected chi connectivity index (χ3v) is 5.18. The second-order valence-corrected chi connectivity index (χ2v) is 7.00. The predicted octanol–water partition coefficient (Wildman–Crippen LogP) is 3.64. The fraction of sp³-hybridized carbons (Fsp3) is 0.348. The van der Waals surface area contributed by atoms with Crippen LogP contribution in [0.1, 0.15) is 31.4 Å². The molecule has 156 valence electrons. The Morgan fingerprint density at radius 2 is 1.83 bits per heavy atom. The minimum atomic E-state index is -0.872. The molecular weight excluding hydrogens is 384 g/mol. The Hall–Kier alpha value is -3.53. The maximum absolute atomic E-state index is 13.0. The number of carbonyl (C=O) groups is 2. The van der Waals surface area contributed by atoms with E-state index in [1.807, 2.05) is 24.3 Å². The average molecular weight is 408 g/mol. The Bertz CT molecular complexity index is 951. The minimum Gasteiger partial charge on any atom is -0.497 e. The number of amides is 1. The van der Waals surface area contributed by atoms with Crippen LogP contribution in [-0.2, 0) is 14.3 Å². The topological polar surface area (TPSA) is 88.9 Å². The van der Waals surface area contributed by atoms with Crippen molar-refractivity contribution in [3.8, 4) is 17.6 Å². The molecule has 1 amide bonds. The van der Waals surface area contributed by atoms with Crippen LogP contribution in [-0.4, -0.2) is 32.2 Å². The molecule has 3 atom stereocenters. The van der Waals surface area contributed by atoms with Gasteiger partial charge < -0.3 is 19.1 Å². The van der Waals surface area contributed by atoms with E-state index in [0.717, 1.165) is 0 Å². The van der Waals surface area contributed by atoms with Gasteiger partial charge in [-0.1, -0.05) is 18.2 Å². The Balaban J connectivity index is 2.10. The molecule has 1 heterocycles. The number of esters is 1. The van der Waals surface area contributed by atoms with Crippen LogP contribution in [0.4, 0.5) is 5.69 Å². The molecular formula is C23H24N2O5. The fourth-order valence-corrected chi connectivity index (χ4v) is 3.74. The van der Waals surface area contributed by atoms with Crippen LogP contribution in [0.25, 0.3) is 0 Å². The van der Waals surface area contributed by atoms with Crippen LogP contribution >= 0.6 is 0 Å². The Morgan fingerprint density at radius 3 is 2.47 bits per heavy atom. The molecule has 0 bridgehead atoms. The highest BCUT2D eigenvalue weighted by Crippen LogP contribution is 2.43. The number of nitriles is 1. The summed E-state index contributed by atoms with van der Waals surface area (Å²) in [5.41, 5.74) is 1.35. The lowest BCUT2D eigenvalue weighted by molar-refractivity contribution is -0.153. The zero-order chi connectivity index (χ0) is 21.7. The SMILES string of the molecule is COc1ccc(N2C(=O)CC[C@H](C(=O)O[C@@H](C)C#N)[C@H]2c2ccccc2OC)cc1. The highest BCUT2D eigenvalue weighted by atomic mass is 16.5. The van der Waals surface area contributed by atoms with Gasteiger partial charge in [0, 0.05) is 17.7 Å². The summed E-state index contributed by atoms with van der Waals surface area (Å²) in [6.45, 7) is 1.52. The number of anilines is 1. The van der Waals surface area contributed by atoms with Crippen molar-refractivity contribution in [1.29, 1.82) is 5.26 Å². The number of nitrogens with zero attached hydrogens (tertiary/aromatic N) is 2. The highest BCUT2D eigenvalue weighted by Gasteiger charge is 2.43. The molecule has 1 saturated heterocycles. The molecule has 3 rings (SSSR count). The van der Waals surface area contributed by atoms with E-state index >= 15 is 0 Å². The smallest absolute Gasteiger partial charge is 0.312 e. The standard InChI is InChI=1S/C23H24N2O5/c1-15(14-24)30-23(27)19-12-13-21(26)25(16-8-10-17(28-2)11-9-16)22(19)18-6-4-5-7-20(18)29-3/h4-11,15,19,22H,12-13H2,1-3H3/t15-,19-,22+/m0/s1. The first-order chi connectivity index (χ1) is 14.5. The van der Waals surface area contributed by atoms with Gasteiger partial charge in [0.2, 0.25) is 5.91 Å². The Morgan fingerprint density at radius 1 is 1.13 bits per heavy atom.